The Kier molecular flexibility index (Phi) is 6.82. The van der Waals surface area contributed by atoms with Crippen molar-refractivity contribution in [1.82, 2.24) is 5.32 Å². The van der Waals surface area contributed by atoms with Crippen molar-refractivity contribution in [3.8, 4) is 5.75 Å². The van der Waals surface area contributed by atoms with Crippen molar-refractivity contribution in [1.29, 1.82) is 0 Å². The molecule has 0 bridgehead atoms. The lowest BCUT2D eigenvalue weighted by Crippen LogP contribution is -2.19. The van der Waals surface area contributed by atoms with E-state index in [1.54, 1.807) is 36.4 Å². The fraction of sp³-hybridized carbons (Fsp3) is 0.0800. The Morgan fingerprint density at radius 3 is 2.67 bits per heavy atom. The van der Waals surface area contributed by atoms with Gasteiger partial charge in [-0.05, 0) is 77.9 Å². The number of thioether (sulfide) groups is 1. The van der Waals surface area contributed by atoms with E-state index in [0.29, 0.717) is 26.5 Å². The molecule has 0 aromatic heterocycles. The molecule has 1 heterocycles. The van der Waals surface area contributed by atoms with Crippen LogP contribution in [0.3, 0.4) is 0 Å². The van der Waals surface area contributed by atoms with Gasteiger partial charge >= 0.3 is 5.97 Å². The number of nitrogens with one attached hydrogen (secondary N) is 1. The number of rotatable bonds is 6. The minimum atomic E-state index is -0.973. The summed E-state index contributed by atoms with van der Waals surface area (Å²) in [4.78, 5) is 28.5. The zero-order valence-electron chi connectivity index (χ0n) is 17.5. The molecule has 0 aliphatic carbocycles. The van der Waals surface area contributed by atoms with E-state index in [9.17, 15) is 9.59 Å². The minimum Gasteiger partial charge on any atom is -0.489 e. The molecule has 0 spiro atoms. The second-order valence-electron chi connectivity index (χ2n) is 7.23. The Morgan fingerprint density at radius 2 is 1.91 bits per heavy atom. The predicted molar refractivity (Wildman–Crippen MR) is 131 cm³/mol. The van der Waals surface area contributed by atoms with Crippen molar-refractivity contribution in [2.45, 2.75) is 13.5 Å². The van der Waals surface area contributed by atoms with E-state index in [1.807, 2.05) is 37.3 Å². The molecule has 2 N–H and O–H groups in total. The van der Waals surface area contributed by atoms with Crippen LogP contribution in [0.25, 0.3) is 6.08 Å². The van der Waals surface area contributed by atoms with Gasteiger partial charge < -0.3 is 15.2 Å². The van der Waals surface area contributed by atoms with Crippen LogP contribution in [0.2, 0.25) is 5.02 Å². The lowest BCUT2D eigenvalue weighted by Gasteiger charge is -2.07. The molecule has 1 aliphatic rings. The standard InChI is InChI=1S/C25H19ClN2O4S/c1-15-20(26)6-3-7-21(15)27-25-28-23(29)22(33-25)13-16-8-10-19(11-9-16)32-14-17-4-2-5-18(12-17)24(30)31/h2-13H,14H2,1H3,(H,30,31)(H,27,28,29). The highest BCUT2D eigenvalue weighted by Gasteiger charge is 2.24. The number of halogens is 1. The van der Waals surface area contributed by atoms with Gasteiger partial charge in [0.2, 0.25) is 0 Å². The molecule has 33 heavy (non-hydrogen) atoms. The molecule has 0 atom stereocenters. The molecular formula is C25H19ClN2O4S. The number of aromatic carboxylic acids is 1. The molecule has 3 aromatic rings. The number of hydrogen-bond donors (Lipinski definition) is 2. The monoisotopic (exact) mass is 478 g/mol. The van der Waals surface area contributed by atoms with E-state index in [2.05, 4.69) is 10.3 Å². The quantitative estimate of drug-likeness (QED) is 0.436. The summed E-state index contributed by atoms with van der Waals surface area (Å²) in [5.74, 6) is -0.545. The highest BCUT2D eigenvalue weighted by Crippen LogP contribution is 2.31. The van der Waals surface area contributed by atoms with Crippen LogP contribution in [0.1, 0.15) is 27.0 Å². The Hall–Kier alpha value is -3.55. The average molecular weight is 479 g/mol. The largest absolute Gasteiger partial charge is 0.489 e. The van der Waals surface area contributed by atoms with Gasteiger partial charge in [0.05, 0.1) is 16.2 Å². The zero-order valence-corrected chi connectivity index (χ0v) is 19.1. The SMILES string of the molecule is Cc1c(Cl)cccc1N=C1NC(=O)C(=Cc2ccc(OCc3cccc(C(=O)O)c3)cc2)S1. The molecule has 1 saturated heterocycles. The normalized spacial score (nSPS) is 15.6. The number of benzene rings is 3. The van der Waals surface area contributed by atoms with E-state index < -0.39 is 5.97 Å². The van der Waals surface area contributed by atoms with Gasteiger partial charge in [-0.2, -0.15) is 0 Å². The number of hydrogen-bond acceptors (Lipinski definition) is 5. The number of amides is 1. The molecule has 0 unspecified atom stereocenters. The van der Waals surface area contributed by atoms with Gasteiger partial charge in [0.15, 0.2) is 5.17 Å². The first-order chi connectivity index (χ1) is 15.9. The predicted octanol–water partition coefficient (Wildman–Crippen LogP) is 5.82. The maximum absolute atomic E-state index is 12.4. The van der Waals surface area contributed by atoms with Crippen molar-refractivity contribution < 1.29 is 19.4 Å². The van der Waals surface area contributed by atoms with E-state index >= 15 is 0 Å². The van der Waals surface area contributed by atoms with Gasteiger partial charge in [0, 0.05) is 5.02 Å². The lowest BCUT2D eigenvalue weighted by molar-refractivity contribution is -0.115. The molecular weight excluding hydrogens is 460 g/mol. The first-order valence-corrected chi connectivity index (χ1v) is 11.2. The molecule has 6 nitrogen and oxygen atoms in total. The molecule has 1 amide bonds. The van der Waals surface area contributed by atoms with Crippen LogP contribution >= 0.6 is 23.4 Å². The van der Waals surface area contributed by atoms with Crippen LogP contribution in [0.5, 0.6) is 5.75 Å². The highest BCUT2D eigenvalue weighted by atomic mass is 35.5. The number of aliphatic imine (C=N–C) groups is 1. The van der Waals surface area contributed by atoms with Crippen LogP contribution in [0.15, 0.2) is 76.6 Å². The number of ether oxygens (including phenoxy) is 1. The second-order valence-corrected chi connectivity index (χ2v) is 8.67. The third-order valence-electron chi connectivity index (χ3n) is 4.87. The lowest BCUT2D eigenvalue weighted by atomic mass is 10.1. The van der Waals surface area contributed by atoms with E-state index in [-0.39, 0.29) is 18.1 Å². The molecule has 0 radical (unpaired) electrons. The van der Waals surface area contributed by atoms with Gasteiger partial charge in [-0.1, -0.05) is 41.9 Å². The van der Waals surface area contributed by atoms with Crippen LogP contribution in [-0.4, -0.2) is 22.2 Å². The number of carbonyl (C=O) groups excluding carboxylic acids is 1. The molecule has 3 aromatic carbocycles. The van der Waals surface area contributed by atoms with Crippen molar-refractivity contribution in [3.05, 3.63) is 98.9 Å². The van der Waals surface area contributed by atoms with Crippen LogP contribution in [-0.2, 0) is 11.4 Å². The van der Waals surface area contributed by atoms with Gasteiger partial charge in [0.25, 0.3) is 5.91 Å². The number of nitrogens with zero attached hydrogens (tertiary/aromatic N) is 1. The number of carboxylic acid groups (broad SMARTS) is 1. The van der Waals surface area contributed by atoms with Gasteiger partial charge in [0.1, 0.15) is 12.4 Å². The Morgan fingerprint density at radius 1 is 1.15 bits per heavy atom. The van der Waals surface area contributed by atoms with Crippen LogP contribution in [0.4, 0.5) is 5.69 Å². The molecule has 8 heteroatoms. The summed E-state index contributed by atoms with van der Waals surface area (Å²) in [5.41, 5.74) is 3.39. The van der Waals surface area contributed by atoms with Crippen molar-refractivity contribution >= 4 is 52.2 Å². The molecule has 166 valence electrons. The summed E-state index contributed by atoms with van der Waals surface area (Å²) in [5, 5.41) is 13.0. The summed E-state index contributed by atoms with van der Waals surface area (Å²) in [6.45, 7) is 2.13. The third kappa shape index (κ3) is 5.63. The smallest absolute Gasteiger partial charge is 0.335 e. The van der Waals surface area contributed by atoms with Crippen molar-refractivity contribution in [3.63, 3.8) is 0 Å². The van der Waals surface area contributed by atoms with E-state index in [4.69, 9.17) is 21.4 Å². The van der Waals surface area contributed by atoms with E-state index in [1.165, 1.54) is 17.8 Å². The summed E-state index contributed by atoms with van der Waals surface area (Å²) >= 11 is 7.41. The summed E-state index contributed by atoms with van der Waals surface area (Å²) in [6, 6.07) is 19.4. The fourth-order valence-electron chi connectivity index (χ4n) is 3.08. The van der Waals surface area contributed by atoms with Gasteiger partial charge in [-0.25, -0.2) is 9.79 Å². The topological polar surface area (TPSA) is 88.0 Å². The van der Waals surface area contributed by atoms with Crippen LogP contribution in [0, 0.1) is 6.92 Å². The minimum absolute atomic E-state index is 0.211. The Bertz CT molecular complexity index is 1290. The van der Waals surface area contributed by atoms with Crippen LogP contribution < -0.4 is 10.1 Å². The molecule has 1 aliphatic heterocycles. The van der Waals surface area contributed by atoms with Crippen molar-refractivity contribution in [2.24, 2.45) is 4.99 Å². The summed E-state index contributed by atoms with van der Waals surface area (Å²) < 4.78 is 5.75. The summed E-state index contributed by atoms with van der Waals surface area (Å²) in [6.07, 6.45) is 1.79. The van der Waals surface area contributed by atoms with Crippen molar-refractivity contribution in [2.75, 3.05) is 0 Å². The number of carboxylic acids is 1. The highest BCUT2D eigenvalue weighted by molar-refractivity contribution is 8.18. The third-order valence-corrected chi connectivity index (χ3v) is 6.19. The zero-order chi connectivity index (χ0) is 23.4. The fourth-order valence-corrected chi connectivity index (χ4v) is 4.08. The second kappa shape index (κ2) is 9.94. The first kappa shape index (κ1) is 22.6. The Balaban J connectivity index is 1.42. The maximum atomic E-state index is 12.4. The van der Waals surface area contributed by atoms with E-state index in [0.717, 1.165) is 16.7 Å². The number of carbonyl (C=O) groups is 2. The number of amidine groups is 1. The molecule has 4 rings (SSSR count). The average Bonchev–Trinajstić information content (AvgIpc) is 3.15. The first-order valence-electron chi connectivity index (χ1n) is 9.99. The summed E-state index contributed by atoms with van der Waals surface area (Å²) in [7, 11) is 0. The maximum Gasteiger partial charge on any atom is 0.335 e. The van der Waals surface area contributed by atoms with Gasteiger partial charge in [-0.15, -0.1) is 0 Å². The molecule has 1 fully saturated rings. The molecule has 0 saturated carbocycles. The Labute approximate surface area is 200 Å². The van der Waals surface area contributed by atoms with Gasteiger partial charge in [-0.3, -0.25) is 4.79 Å².